The number of hydrogen-bond donors (Lipinski definition) is 0. The molecule has 1 heteroatoms. The normalized spacial score (nSPS) is 21.4. The summed E-state index contributed by atoms with van der Waals surface area (Å²) in [5.74, 6) is 0. The zero-order valence-electron chi connectivity index (χ0n) is 6.16. The minimum absolute atomic E-state index is 0.639. The van der Waals surface area contributed by atoms with E-state index in [1.165, 1.54) is 5.56 Å². The van der Waals surface area contributed by atoms with Crippen molar-refractivity contribution in [3.05, 3.63) is 47.5 Å². The summed E-state index contributed by atoms with van der Waals surface area (Å²) in [5.41, 5.74) is 2.12. The van der Waals surface area contributed by atoms with Crippen LogP contribution in [0, 0.1) is 0 Å². The summed E-state index contributed by atoms with van der Waals surface area (Å²) in [6.07, 6.45) is 3.94. The van der Waals surface area contributed by atoms with Gasteiger partial charge in [0.25, 0.3) is 0 Å². The molecule has 1 aliphatic carbocycles. The predicted octanol–water partition coefficient (Wildman–Crippen LogP) is 2.27. The highest BCUT2D eigenvalue weighted by Gasteiger charge is 2.12. The number of benzene rings is 1. The average molecular weight is 145 g/mol. The topological polar surface area (TPSA) is 19.9 Å². The molecule has 0 saturated carbocycles. The first-order chi connectivity index (χ1) is 5.38. The van der Waals surface area contributed by atoms with Gasteiger partial charge >= 0.3 is 0 Å². The van der Waals surface area contributed by atoms with Crippen LogP contribution < -0.4 is 0 Å². The van der Waals surface area contributed by atoms with Crippen molar-refractivity contribution in [3.8, 4) is 0 Å². The molecular formula is C10H9O. The van der Waals surface area contributed by atoms with Gasteiger partial charge in [-0.2, -0.15) is 0 Å². The van der Waals surface area contributed by atoms with E-state index < -0.39 is 6.10 Å². The van der Waals surface area contributed by atoms with Crippen molar-refractivity contribution in [1.82, 2.24) is 0 Å². The zero-order chi connectivity index (χ0) is 7.68. The second-order valence-electron chi connectivity index (χ2n) is 2.75. The van der Waals surface area contributed by atoms with E-state index in [4.69, 9.17) is 0 Å². The lowest BCUT2D eigenvalue weighted by Crippen LogP contribution is -2.01. The molecule has 1 radical (unpaired) electrons. The van der Waals surface area contributed by atoms with Crippen molar-refractivity contribution in [2.45, 2.75) is 12.5 Å². The SMILES string of the molecule is [O]C1C=CCc2ccccc21. The first-order valence-electron chi connectivity index (χ1n) is 3.78. The highest BCUT2D eigenvalue weighted by atomic mass is 16.3. The summed E-state index contributed by atoms with van der Waals surface area (Å²) in [6.45, 7) is 0. The van der Waals surface area contributed by atoms with Crippen molar-refractivity contribution >= 4 is 0 Å². The van der Waals surface area contributed by atoms with Gasteiger partial charge in [0, 0.05) is 0 Å². The minimum atomic E-state index is -0.639. The van der Waals surface area contributed by atoms with Gasteiger partial charge in [-0.25, -0.2) is 5.11 Å². The smallest absolute Gasteiger partial charge is 0.136 e. The summed E-state index contributed by atoms with van der Waals surface area (Å²) in [4.78, 5) is 0. The van der Waals surface area contributed by atoms with E-state index in [2.05, 4.69) is 0 Å². The molecule has 0 aromatic heterocycles. The van der Waals surface area contributed by atoms with Crippen molar-refractivity contribution < 1.29 is 5.11 Å². The fourth-order valence-electron chi connectivity index (χ4n) is 1.42. The molecule has 2 rings (SSSR count). The largest absolute Gasteiger partial charge is 0.223 e. The molecule has 0 spiro atoms. The van der Waals surface area contributed by atoms with Crippen LogP contribution in [0.25, 0.3) is 0 Å². The molecule has 1 unspecified atom stereocenters. The minimum Gasteiger partial charge on any atom is -0.223 e. The van der Waals surface area contributed by atoms with Crippen LogP contribution in [-0.2, 0) is 11.5 Å². The molecule has 0 N–H and O–H groups in total. The van der Waals surface area contributed by atoms with Crippen LogP contribution in [0.2, 0.25) is 0 Å². The Balaban J connectivity index is 2.50. The average Bonchev–Trinajstić information content (AvgIpc) is 2.06. The molecule has 0 aliphatic heterocycles. The summed E-state index contributed by atoms with van der Waals surface area (Å²) in [6, 6.07) is 7.83. The Bertz CT molecular complexity index is 289. The quantitative estimate of drug-likeness (QED) is 0.499. The lowest BCUT2D eigenvalue weighted by Gasteiger charge is -2.13. The van der Waals surface area contributed by atoms with Gasteiger partial charge in [-0.15, -0.1) is 0 Å². The molecule has 0 bridgehead atoms. The highest BCUT2D eigenvalue weighted by molar-refractivity contribution is 5.35. The Morgan fingerprint density at radius 2 is 2.09 bits per heavy atom. The third kappa shape index (κ3) is 1.08. The van der Waals surface area contributed by atoms with Crippen LogP contribution in [0.5, 0.6) is 0 Å². The third-order valence-electron chi connectivity index (χ3n) is 2.01. The van der Waals surface area contributed by atoms with E-state index in [9.17, 15) is 5.11 Å². The van der Waals surface area contributed by atoms with E-state index >= 15 is 0 Å². The summed E-state index contributed by atoms with van der Waals surface area (Å²) in [5, 5.41) is 11.3. The Labute approximate surface area is 66.0 Å². The first kappa shape index (κ1) is 6.62. The van der Waals surface area contributed by atoms with E-state index in [-0.39, 0.29) is 0 Å². The van der Waals surface area contributed by atoms with Crippen LogP contribution in [0.15, 0.2) is 36.4 Å². The lowest BCUT2D eigenvalue weighted by atomic mass is 9.95. The molecule has 0 fully saturated rings. The number of rotatable bonds is 0. The number of fused-ring (bicyclic) bond motifs is 1. The van der Waals surface area contributed by atoms with E-state index in [1.54, 1.807) is 6.08 Å². The van der Waals surface area contributed by atoms with Gasteiger partial charge in [-0.1, -0.05) is 36.4 Å². The van der Waals surface area contributed by atoms with E-state index in [0.717, 1.165) is 12.0 Å². The number of allylic oxidation sites excluding steroid dienone is 1. The van der Waals surface area contributed by atoms with Crippen LogP contribution in [-0.4, -0.2) is 0 Å². The zero-order valence-corrected chi connectivity index (χ0v) is 6.16. The number of hydrogen-bond acceptors (Lipinski definition) is 0. The molecule has 1 nitrogen and oxygen atoms in total. The lowest BCUT2D eigenvalue weighted by molar-refractivity contribution is 0.129. The van der Waals surface area contributed by atoms with Crippen LogP contribution in [0.3, 0.4) is 0 Å². The van der Waals surface area contributed by atoms with Crippen molar-refractivity contribution in [3.63, 3.8) is 0 Å². The van der Waals surface area contributed by atoms with Crippen LogP contribution in [0.1, 0.15) is 17.2 Å². The maximum Gasteiger partial charge on any atom is 0.136 e. The Kier molecular flexibility index (Phi) is 1.51. The van der Waals surface area contributed by atoms with Gasteiger partial charge in [0.2, 0.25) is 0 Å². The standard InChI is InChI=1S/C10H9O/c11-10-7-3-5-8-4-1-2-6-9(8)10/h1-4,6-7,10H,5H2. The maximum atomic E-state index is 11.3. The fourth-order valence-corrected chi connectivity index (χ4v) is 1.42. The molecule has 11 heavy (non-hydrogen) atoms. The summed E-state index contributed by atoms with van der Waals surface area (Å²) in [7, 11) is 0. The van der Waals surface area contributed by atoms with Crippen molar-refractivity contribution in [2.24, 2.45) is 0 Å². The molecule has 55 valence electrons. The molecular weight excluding hydrogens is 136 g/mol. The second kappa shape index (κ2) is 2.51. The van der Waals surface area contributed by atoms with Crippen LogP contribution >= 0.6 is 0 Å². The molecule has 0 saturated heterocycles. The molecule has 0 heterocycles. The molecule has 1 aromatic carbocycles. The molecule has 1 atom stereocenters. The maximum absolute atomic E-state index is 11.3. The highest BCUT2D eigenvalue weighted by Crippen LogP contribution is 2.24. The van der Waals surface area contributed by atoms with E-state index in [1.807, 2.05) is 30.3 Å². The van der Waals surface area contributed by atoms with Crippen molar-refractivity contribution in [1.29, 1.82) is 0 Å². The van der Waals surface area contributed by atoms with Gasteiger partial charge in [0.1, 0.15) is 6.10 Å². The van der Waals surface area contributed by atoms with Gasteiger partial charge in [0.15, 0.2) is 0 Å². The van der Waals surface area contributed by atoms with Gasteiger partial charge in [0.05, 0.1) is 0 Å². The van der Waals surface area contributed by atoms with Crippen LogP contribution in [0.4, 0.5) is 0 Å². The first-order valence-corrected chi connectivity index (χ1v) is 3.78. The second-order valence-corrected chi connectivity index (χ2v) is 2.75. The molecule has 1 aromatic rings. The summed E-state index contributed by atoms with van der Waals surface area (Å²) >= 11 is 0. The van der Waals surface area contributed by atoms with Gasteiger partial charge < -0.3 is 0 Å². The Morgan fingerprint density at radius 1 is 1.27 bits per heavy atom. The van der Waals surface area contributed by atoms with E-state index in [0.29, 0.717) is 0 Å². The Morgan fingerprint density at radius 3 is 2.91 bits per heavy atom. The Hall–Kier alpha value is -1.08. The van der Waals surface area contributed by atoms with Crippen molar-refractivity contribution in [2.75, 3.05) is 0 Å². The van der Waals surface area contributed by atoms with Gasteiger partial charge in [-0.3, -0.25) is 0 Å². The predicted molar refractivity (Wildman–Crippen MR) is 42.7 cm³/mol. The fraction of sp³-hybridized carbons (Fsp3) is 0.200. The molecule has 0 amide bonds. The van der Waals surface area contributed by atoms with Gasteiger partial charge in [-0.05, 0) is 17.5 Å². The third-order valence-corrected chi connectivity index (χ3v) is 2.01. The monoisotopic (exact) mass is 145 g/mol. The summed E-state index contributed by atoms with van der Waals surface area (Å²) < 4.78 is 0. The molecule has 1 aliphatic rings.